The summed E-state index contributed by atoms with van der Waals surface area (Å²) in [5.74, 6) is 0.438. The minimum Gasteiger partial charge on any atom is -0.374 e. The number of anilines is 1. The topological polar surface area (TPSA) is 46.2 Å². The third kappa shape index (κ3) is 2.94. The highest BCUT2D eigenvalue weighted by atomic mass is 32.1. The number of hydrogen-bond donors (Lipinski definition) is 1. The number of thiophene rings is 1. The zero-order chi connectivity index (χ0) is 17.3. The van der Waals surface area contributed by atoms with E-state index < -0.39 is 10.9 Å². The van der Waals surface area contributed by atoms with Crippen molar-refractivity contribution >= 4 is 17.0 Å². The van der Waals surface area contributed by atoms with Gasteiger partial charge in [0, 0.05) is 4.88 Å². The van der Waals surface area contributed by atoms with Crippen molar-refractivity contribution in [3.8, 4) is 11.1 Å². The van der Waals surface area contributed by atoms with Gasteiger partial charge >= 0.3 is 0 Å². The van der Waals surface area contributed by atoms with Gasteiger partial charge in [0.15, 0.2) is 0 Å². The summed E-state index contributed by atoms with van der Waals surface area (Å²) in [6.07, 6.45) is 0.852. The molecule has 0 aliphatic heterocycles. The lowest BCUT2D eigenvalue weighted by atomic mass is 9.94. The minimum atomic E-state index is -0.409. The van der Waals surface area contributed by atoms with Crippen molar-refractivity contribution in [1.82, 2.24) is 0 Å². The summed E-state index contributed by atoms with van der Waals surface area (Å²) in [5, 5.41) is 5.31. The molecule has 1 atom stereocenters. The van der Waals surface area contributed by atoms with Gasteiger partial charge in [-0.05, 0) is 34.9 Å². The summed E-state index contributed by atoms with van der Waals surface area (Å²) in [7, 11) is 0. The number of rotatable bonds is 6. The molecule has 4 heteroatoms. The molecule has 0 saturated heterocycles. The quantitative estimate of drug-likeness (QED) is 0.662. The van der Waals surface area contributed by atoms with Crippen LogP contribution in [0.5, 0.6) is 0 Å². The van der Waals surface area contributed by atoms with Crippen LogP contribution >= 0.6 is 11.3 Å². The van der Waals surface area contributed by atoms with Gasteiger partial charge in [0.2, 0.25) is 10.9 Å². The second-order valence-electron chi connectivity index (χ2n) is 6.31. The molecule has 0 spiro atoms. The average Bonchev–Trinajstić information content (AvgIpc) is 3.12. The summed E-state index contributed by atoms with van der Waals surface area (Å²) < 4.78 is 0. The number of hydrogen-bond acceptors (Lipinski definition) is 4. The molecule has 1 unspecified atom stereocenters. The molecule has 0 saturated carbocycles. The first-order chi connectivity index (χ1) is 11.5. The maximum Gasteiger partial charge on any atom is 0.250 e. The highest BCUT2D eigenvalue weighted by Crippen LogP contribution is 2.30. The molecule has 124 valence electrons. The first-order valence-electron chi connectivity index (χ1n) is 8.26. The van der Waals surface area contributed by atoms with Gasteiger partial charge in [0.1, 0.15) is 0 Å². The second-order valence-corrected chi connectivity index (χ2v) is 7.28. The molecule has 1 N–H and O–H groups in total. The summed E-state index contributed by atoms with van der Waals surface area (Å²) in [4.78, 5) is 25.4. The Morgan fingerprint density at radius 3 is 2.29 bits per heavy atom. The van der Waals surface area contributed by atoms with Crippen molar-refractivity contribution in [2.45, 2.75) is 39.2 Å². The van der Waals surface area contributed by atoms with Crippen LogP contribution in [0, 0.1) is 0 Å². The second kappa shape index (κ2) is 6.73. The van der Waals surface area contributed by atoms with Crippen molar-refractivity contribution in [2.24, 2.45) is 0 Å². The van der Waals surface area contributed by atoms with E-state index in [1.807, 2.05) is 35.7 Å². The zero-order valence-electron chi connectivity index (χ0n) is 14.1. The van der Waals surface area contributed by atoms with Gasteiger partial charge in [-0.3, -0.25) is 9.59 Å². The lowest BCUT2D eigenvalue weighted by Crippen LogP contribution is -2.37. The highest BCUT2D eigenvalue weighted by Gasteiger charge is 2.24. The smallest absolute Gasteiger partial charge is 0.250 e. The SMILES string of the molecule is CCC(Nc1c(-c2ccc(C(C)C)cc2)c(=O)c1=O)c1cccs1. The first kappa shape index (κ1) is 16.7. The van der Waals surface area contributed by atoms with E-state index in [0.29, 0.717) is 17.2 Å². The maximum absolute atomic E-state index is 12.1. The highest BCUT2D eigenvalue weighted by molar-refractivity contribution is 7.10. The van der Waals surface area contributed by atoms with Crippen LogP contribution in [0.2, 0.25) is 0 Å². The largest absolute Gasteiger partial charge is 0.374 e. The number of benzene rings is 1. The van der Waals surface area contributed by atoms with E-state index in [4.69, 9.17) is 0 Å². The molecule has 3 aromatic rings. The Bertz CT molecular complexity index is 885. The Labute approximate surface area is 145 Å². The predicted molar refractivity (Wildman–Crippen MR) is 102 cm³/mol. The average molecular weight is 339 g/mol. The third-order valence-corrected chi connectivity index (χ3v) is 5.38. The Morgan fingerprint density at radius 2 is 1.75 bits per heavy atom. The van der Waals surface area contributed by atoms with Crippen molar-refractivity contribution in [3.63, 3.8) is 0 Å². The molecule has 1 aromatic heterocycles. The van der Waals surface area contributed by atoms with Gasteiger partial charge < -0.3 is 5.32 Å². The molecule has 24 heavy (non-hydrogen) atoms. The standard InChI is InChI=1S/C20H21NO2S/c1-4-15(16-6-5-11-24-16)21-18-17(19(22)20(18)23)14-9-7-13(8-10-14)12(2)3/h5-12,15,21H,4H2,1-3H3. The molecule has 0 bridgehead atoms. The van der Waals surface area contributed by atoms with E-state index in [2.05, 4.69) is 32.2 Å². The minimum absolute atomic E-state index is 0.0574. The van der Waals surface area contributed by atoms with Crippen LogP contribution in [-0.2, 0) is 0 Å². The Morgan fingerprint density at radius 1 is 1.04 bits per heavy atom. The van der Waals surface area contributed by atoms with Crippen LogP contribution in [0.15, 0.2) is 51.4 Å². The fourth-order valence-corrected chi connectivity index (χ4v) is 3.74. The third-order valence-electron chi connectivity index (χ3n) is 4.39. The Kier molecular flexibility index (Phi) is 4.67. The van der Waals surface area contributed by atoms with Gasteiger partial charge in [0.05, 0.1) is 17.3 Å². The van der Waals surface area contributed by atoms with Crippen molar-refractivity contribution < 1.29 is 0 Å². The van der Waals surface area contributed by atoms with E-state index in [-0.39, 0.29) is 6.04 Å². The lowest BCUT2D eigenvalue weighted by molar-refractivity contribution is 0.761. The Balaban J connectivity index is 1.92. The maximum atomic E-state index is 12.1. The summed E-state index contributed by atoms with van der Waals surface area (Å²) >= 11 is 1.66. The summed E-state index contributed by atoms with van der Waals surface area (Å²) in [6.45, 7) is 6.33. The van der Waals surface area contributed by atoms with E-state index in [1.165, 1.54) is 10.4 Å². The van der Waals surface area contributed by atoms with E-state index >= 15 is 0 Å². The molecule has 0 amide bonds. The fourth-order valence-electron chi connectivity index (χ4n) is 2.88. The molecule has 0 radical (unpaired) electrons. The van der Waals surface area contributed by atoms with Gasteiger partial charge in [-0.25, -0.2) is 0 Å². The van der Waals surface area contributed by atoms with Crippen molar-refractivity contribution in [3.05, 3.63) is 72.7 Å². The van der Waals surface area contributed by atoms with E-state index in [1.54, 1.807) is 11.3 Å². The van der Waals surface area contributed by atoms with Gasteiger partial charge in [0.25, 0.3) is 0 Å². The molecule has 2 aromatic carbocycles. The molecule has 3 nitrogen and oxygen atoms in total. The molecule has 1 heterocycles. The first-order valence-corrected chi connectivity index (χ1v) is 9.14. The molecule has 0 fully saturated rings. The molecule has 0 aliphatic rings. The normalized spacial score (nSPS) is 12.7. The van der Waals surface area contributed by atoms with Crippen LogP contribution in [0.4, 0.5) is 5.69 Å². The zero-order valence-corrected chi connectivity index (χ0v) is 14.9. The van der Waals surface area contributed by atoms with Crippen molar-refractivity contribution in [2.75, 3.05) is 5.32 Å². The molecule has 0 aliphatic carbocycles. The fraction of sp³-hybridized carbons (Fsp3) is 0.300. The van der Waals surface area contributed by atoms with Gasteiger partial charge in [-0.2, -0.15) is 0 Å². The van der Waals surface area contributed by atoms with Crippen LogP contribution in [0.3, 0.4) is 0 Å². The monoisotopic (exact) mass is 339 g/mol. The number of nitrogens with one attached hydrogen (secondary N) is 1. The predicted octanol–water partition coefficient (Wildman–Crippen LogP) is 4.70. The van der Waals surface area contributed by atoms with E-state index in [0.717, 1.165) is 12.0 Å². The van der Waals surface area contributed by atoms with Crippen LogP contribution < -0.4 is 16.2 Å². The van der Waals surface area contributed by atoms with Crippen LogP contribution in [0.25, 0.3) is 11.1 Å². The molecule has 3 rings (SSSR count). The van der Waals surface area contributed by atoms with Crippen molar-refractivity contribution in [1.29, 1.82) is 0 Å². The van der Waals surface area contributed by atoms with E-state index in [9.17, 15) is 9.59 Å². The molecular formula is C20H21NO2S. The van der Waals surface area contributed by atoms with Crippen LogP contribution in [-0.4, -0.2) is 0 Å². The molecular weight excluding hydrogens is 318 g/mol. The Hall–Kier alpha value is -2.20. The summed E-state index contributed by atoms with van der Waals surface area (Å²) in [5.41, 5.74) is 2.20. The lowest BCUT2D eigenvalue weighted by Gasteiger charge is -2.20. The van der Waals surface area contributed by atoms with Crippen LogP contribution in [0.1, 0.15) is 49.6 Å². The van der Waals surface area contributed by atoms with Gasteiger partial charge in [-0.1, -0.05) is 51.1 Å². The summed E-state index contributed by atoms with van der Waals surface area (Å²) in [6, 6.07) is 12.0. The van der Waals surface area contributed by atoms with Gasteiger partial charge in [-0.15, -0.1) is 11.3 Å².